The Morgan fingerprint density at radius 3 is 2.31 bits per heavy atom. The fourth-order valence-electron chi connectivity index (χ4n) is 1.96. The van der Waals surface area contributed by atoms with Crippen LogP contribution in [-0.4, -0.2) is 31.6 Å². The van der Waals surface area contributed by atoms with Crippen molar-refractivity contribution in [3.8, 4) is 11.3 Å². The summed E-state index contributed by atoms with van der Waals surface area (Å²) in [5, 5.41) is 5.02. The molecule has 0 aliphatic carbocycles. The molecule has 0 radical (unpaired) electrons. The van der Waals surface area contributed by atoms with E-state index in [1.807, 2.05) is 26.2 Å². The quantitative estimate of drug-likeness (QED) is 0.690. The number of hydrogen-bond acceptors (Lipinski definition) is 6. The Morgan fingerprint density at radius 2 is 1.81 bits per heavy atom. The van der Waals surface area contributed by atoms with Gasteiger partial charge in [0, 0.05) is 16.6 Å². The van der Waals surface area contributed by atoms with E-state index in [2.05, 4.69) is 15.0 Å². The molecule has 1 aromatic carbocycles. The fraction of sp³-hybridized carbons (Fsp3) is 0.375. The molecule has 0 aliphatic rings. The summed E-state index contributed by atoms with van der Waals surface area (Å²) >= 11 is 1.30. The average Bonchev–Trinajstić information content (AvgIpc) is 2.93. The third-order valence-corrected chi connectivity index (χ3v) is 4.80. The average molecular weight is 419 g/mol. The number of anilines is 2. The van der Waals surface area contributed by atoms with E-state index in [9.17, 15) is 13.2 Å². The fourth-order valence-corrected chi connectivity index (χ4v) is 3.25. The zero-order valence-electron chi connectivity index (χ0n) is 14.9. The Labute approximate surface area is 163 Å². The molecule has 0 unspecified atom stereocenters. The van der Waals surface area contributed by atoms with Crippen LogP contribution >= 0.6 is 23.7 Å². The van der Waals surface area contributed by atoms with Crippen molar-refractivity contribution in [3.63, 3.8) is 0 Å². The minimum absolute atomic E-state index is 0. The van der Waals surface area contributed by atoms with Crippen molar-refractivity contribution < 1.29 is 13.2 Å². The summed E-state index contributed by atoms with van der Waals surface area (Å²) in [7, 11) is -3.31. The maximum atomic E-state index is 12.1. The summed E-state index contributed by atoms with van der Waals surface area (Å²) in [6.45, 7) is 5.70. The highest BCUT2D eigenvalue weighted by Gasteiger charge is 2.28. The van der Waals surface area contributed by atoms with Crippen LogP contribution in [0.4, 0.5) is 10.8 Å². The van der Waals surface area contributed by atoms with Crippen LogP contribution in [0.3, 0.4) is 0 Å². The van der Waals surface area contributed by atoms with Gasteiger partial charge in [0.25, 0.3) is 0 Å². The first-order valence-electron chi connectivity index (χ1n) is 7.56. The molecule has 1 amide bonds. The van der Waals surface area contributed by atoms with Crippen molar-refractivity contribution in [2.75, 3.05) is 16.3 Å². The van der Waals surface area contributed by atoms with Crippen LogP contribution in [0, 0.1) is 5.41 Å². The number of nitrogens with two attached hydrogens (primary N) is 1. The lowest BCUT2D eigenvalue weighted by Crippen LogP contribution is -2.45. The van der Waals surface area contributed by atoms with Crippen LogP contribution in [0.5, 0.6) is 0 Å². The molecular weight excluding hydrogens is 396 g/mol. The van der Waals surface area contributed by atoms with Crippen molar-refractivity contribution >= 4 is 50.5 Å². The van der Waals surface area contributed by atoms with E-state index in [1.165, 1.54) is 11.3 Å². The minimum Gasteiger partial charge on any atom is -0.319 e. The highest BCUT2D eigenvalue weighted by Crippen LogP contribution is 2.27. The minimum atomic E-state index is -3.31. The lowest BCUT2D eigenvalue weighted by atomic mass is 9.87. The van der Waals surface area contributed by atoms with E-state index in [-0.39, 0.29) is 23.7 Å². The zero-order valence-corrected chi connectivity index (χ0v) is 17.4. The molecule has 1 atom stereocenters. The van der Waals surface area contributed by atoms with Gasteiger partial charge in [-0.25, -0.2) is 13.4 Å². The highest BCUT2D eigenvalue weighted by atomic mass is 35.5. The van der Waals surface area contributed by atoms with Gasteiger partial charge in [-0.05, 0) is 17.5 Å². The molecule has 7 nitrogen and oxygen atoms in total. The Morgan fingerprint density at radius 1 is 1.23 bits per heavy atom. The zero-order chi connectivity index (χ0) is 18.8. The van der Waals surface area contributed by atoms with E-state index >= 15 is 0 Å². The topological polar surface area (TPSA) is 114 Å². The van der Waals surface area contributed by atoms with Gasteiger partial charge in [-0.3, -0.25) is 9.52 Å². The van der Waals surface area contributed by atoms with Crippen LogP contribution < -0.4 is 15.8 Å². The van der Waals surface area contributed by atoms with Crippen LogP contribution in [0.25, 0.3) is 11.3 Å². The van der Waals surface area contributed by atoms with Gasteiger partial charge in [0.05, 0.1) is 18.0 Å². The van der Waals surface area contributed by atoms with E-state index in [4.69, 9.17) is 5.73 Å². The molecule has 0 fully saturated rings. The molecule has 4 N–H and O–H groups in total. The first-order chi connectivity index (χ1) is 11.5. The number of hydrogen-bond donors (Lipinski definition) is 3. The number of nitrogens with zero attached hydrogens (tertiary/aromatic N) is 1. The Bertz CT molecular complexity index is 858. The highest BCUT2D eigenvalue weighted by molar-refractivity contribution is 7.92. The molecule has 2 rings (SSSR count). The number of thiazole rings is 1. The smallest absolute Gasteiger partial charge is 0.243 e. The van der Waals surface area contributed by atoms with Crippen LogP contribution in [0.2, 0.25) is 0 Å². The number of nitrogens with one attached hydrogen (secondary N) is 2. The summed E-state index contributed by atoms with van der Waals surface area (Å²) in [6, 6.07) is 6.19. The van der Waals surface area contributed by atoms with Gasteiger partial charge in [-0.15, -0.1) is 23.7 Å². The molecule has 2 aromatic rings. The molecule has 10 heteroatoms. The standard InChI is InChI=1S/C16H22N4O3S2.ClH/c1-16(2,3)13(17)14(21)19-15-18-12(9-24-15)10-5-7-11(8-6-10)20-25(4,22)23;/h5-9,13,20H,17H2,1-4H3,(H,18,19,21);1H/t13-;/m1./s1. The number of aromatic nitrogens is 1. The lowest BCUT2D eigenvalue weighted by Gasteiger charge is -2.25. The second kappa shape index (κ2) is 8.34. The van der Waals surface area contributed by atoms with Gasteiger partial charge >= 0.3 is 0 Å². The van der Waals surface area contributed by atoms with Crippen molar-refractivity contribution in [2.24, 2.45) is 11.1 Å². The molecule has 1 heterocycles. The second-order valence-corrected chi connectivity index (χ2v) is 9.43. The maximum absolute atomic E-state index is 12.1. The second-order valence-electron chi connectivity index (χ2n) is 6.82. The van der Waals surface area contributed by atoms with Gasteiger partial charge in [0.1, 0.15) is 0 Å². The summed E-state index contributed by atoms with van der Waals surface area (Å²) in [6.07, 6.45) is 1.10. The van der Waals surface area contributed by atoms with Crippen molar-refractivity contribution in [3.05, 3.63) is 29.6 Å². The predicted molar refractivity (Wildman–Crippen MR) is 109 cm³/mol. The molecule has 1 aromatic heterocycles. The first kappa shape index (κ1) is 22.4. The van der Waals surface area contributed by atoms with Crippen LogP contribution in [0.15, 0.2) is 29.6 Å². The van der Waals surface area contributed by atoms with Crippen LogP contribution in [0.1, 0.15) is 20.8 Å². The monoisotopic (exact) mass is 418 g/mol. The molecule has 144 valence electrons. The predicted octanol–water partition coefficient (Wildman–Crippen LogP) is 2.92. The summed E-state index contributed by atoms with van der Waals surface area (Å²) in [5.41, 5.74) is 7.58. The van der Waals surface area contributed by atoms with Crippen molar-refractivity contribution in [1.82, 2.24) is 4.98 Å². The Balaban J connectivity index is 0.00000338. The largest absolute Gasteiger partial charge is 0.319 e. The number of carbonyl (C=O) groups excluding carboxylic acids is 1. The number of halogens is 1. The third kappa shape index (κ3) is 6.24. The Hall–Kier alpha value is -1.68. The summed E-state index contributed by atoms with van der Waals surface area (Å²) < 4.78 is 24.8. The molecule has 0 bridgehead atoms. The molecule has 0 saturated carbocycles. The van der Waals surface area contributed by atoms with Gasteiger partial charge in [-0.1, -0.05) is 32.9 Å². The number of rotatable bonds is 5. The first-order valence-corrected chi connectivity index (χ1v) is 10.3. The van der Waals surface area contributed by atoms with E-state index in [0.29, 0.717) is 16.5 Å². The van der Waals surface area contributed by atoms with Gasteiger partial charge in [0.2, 0.25) is 15.9 Å². The number of amides is 1. The normalized spacial score (nSPS) is 12.8. The molecule has 0 spiro atoms. The molecular formula is C16H23ClN4O3S2. The molecule has 0 saturated heterocycles. The Kier molecular flexibility index (Phi) is 7.17. The van der Waals surface area contributed by atoms with Gasteiger partial charge in [0.15, 0.2) is 5.13 Å². The van der Waals surface area contributed by atoms with Crippen LogP contribution in [-0.2, 0) is 14.8 Å². The number of benzene rings is 1. The maximum Gasteiger partial charge on any atom is 0.243 e. The van der Waals surface area contributed by atoms with E-state index < -0.39 is 16.1 Å². The van der Waals surface area contributed by atoms with Gasteiger partial charge in [-0.2, -0.15) is 0 Å². The molecule has 26 heavy (non-hydrogen) atoms. The summed E-state index contributed by atoms with van der Waals surface area (Å²) in [5.74, 6) is -0.277. The number of sulfonamides is 1. The SMILES string of the molecule is CC(C)(C)[C@H](N)C(=O)Nc1nc(-c2ccc(NS(C)(=O)=O)cc2)cs1.Cl. The van der Waals surface area contributed by atoms with E-state index in [0.717, 1.165) is 11.8 Å². The summed E-state index contributed by atoms with van der Waals surface area (Å²) in [4.78, 5) is 16.5. The lowest BCUT2D eigenvalue weighted by molar-refractivity contribution is -0.119. The number of carbonyl (C=O) groups is 1. The van der Waals surface area contributed by atoms with Crippen molar-refractivity contribution in [1.29, 1.82) is 0 Å². The molecule has 0 aliphatic heterocycles. The van der Waals surface area contributed by atoms with E-state index in [1.54, 1.807) is 24.3 Å². The van der Waals surface area contributed by atoms with Gasteiger partial charge < -0.3 is 11.1 Å². The third-order valence-electron chi connectivity index (χ3n) is 3.43. The van der Waals surface area contributed by atoms with Crippen molar-refractivity contribution in [2.45, 2.75) is 26.8 Å².